The predicted octanol–water partition coefficient (Wildman–Crippen LogP) is 3.11. The van der Waals surface area contributed by atoms with Gasteiger partial charge in [-0.3, -0.25) is 0 Å². The Labute approximate surface area is 123 Å². The summed E-state index contributed by atoms with van der Waals surface area (Å²) in [5.41, 5.74) is 0. The predicted molar refractivity (Wildman–Crippen MR) is 86.1 cm³/mol. The quantitative estimate of drug-likeness (QED) is 0.390. The molecule has 0 spiro atoms. The average molecular weight is 300 g/mol. The van der Waals surface area contributed by atoms with E-state index in [9.17, 15) is 9.79 Å². The minimum absolute atomic E-state index is 0.0222. The Morgan fingerprint density at radius 3 is 2.00 bits per heavy atom. The van der Waals surface area contributed by atoms with Gasteiger partial charge in [0.05, 0.1) is 0 Å². The second-order valence-corrected chi connectivity index (χ2v) is 9.96. The molecule has 0 aromatic rings. The molecule has 0 fully saturated rings. The number of unbranched alkanes of at least 4 members (excludes halogenated alkanes) is 2. The molecule has 0 aliphatic carbocycles. The number of rotatable bonds is 9. The van der Waals surface area contributed by atoms with Gasteiger partial charge in [-0.25, -0.2) is 0 Å². The first kappa shape index (κ1) is 19.4. The molecule has 0 saturated heterocycles. The van der Waals surface area contributed by atoms with E-state index in [2.05, 4.69) is 5.92 Å². The zero-order valence-electron chi connectivity index (χ0n) is 13.2. The van der Waals surface area contributed by atoms with E-state index in [-0.39, 0.29) is 24.7 Å². The van der Waals surface area contributed by atoms with E-state index in [1.54, 1.807) is 0 Å². The van der Waals surface area contributed by atoms with Crippen LogP contribution in [-0.2, 0) is 0 Å². The molecule has 0 aromatic heterocycles. The van der Waals surface area contributed by atoms with Crippen molar-refractivity contribution in [2.45, 2.75) is 65.5 Å². The number of hydrogen-bond acceptors (Lipinski definition) is 4. The molecule has 20 heavy (non-hydrogen) atoms. The minimum atomic E-state index is -4.02. The monoisotopic (exact) mass is 300 g/mol. The van der Waals surface area contributed by atoms with E-state index in [0.29, 0.717) is 19.0 Å². The van der Waals surface area contributed by atoms with E-state index >= 15 is 0 Å². The van der Waals surface area contributed by atoms with Crippen LogP contribution < -0.4 is 0 Å². The number of nitriles is 1. The summed E-state index contributed by atoms with van der Waals surface area (Å²) < 4.78 is 1.82. The van der Waals surface area contributed by atoms with Crippen LogP contribution in [0, 0.1) is 23.7 Å². The first-order valence-electron chi connectivity index (χ1n) is 7.28. The van der Waals surface area contributed by atoms with Crippen molar-refractivity contribution in [3.05, 3.63) is 0 Å². The van der Waals surface area contributed by atoms with Crippen molar-refractivity contribution in [2.24, 2.45) is 0 Å². The second kappa shape index (κ2) is 7.96. The summed E-state index contributed by atoms with van der Waals surface area (Å²) in [6, 6.07) is 2.08. The van der Waals surface area contributed by atoms with Crippen LogP contribution in [0.5, 0.6) is 0 Å². The van der Waals surface area contributed by atoms with E-state index < -0.39 is 7.21 Å². The van der Waals surface area contributed by atoms with Gasteiger partial charge in [-0.05, 0) is 0 Å². The SMILES string of the molecule is C#CCCCCP(O)(O)(CCC#N)N(C(C)C)C(C)C. The maximum absolute atomic E-state index is 11.1. The first-order valence-corrected chi connectivity index (χ1v) is 9.74. The van der Waals surface area contributed by atoms with Crippen LogP contribution >= 0.6 is 7.21 Å². The molecule has 0 aliphatic rings. The van der Waals surface area contributed by atoms with Crippen molar-refractivity contribution in [3.63, 3.8) is 0 Å². The van der Waals surface area contributed by atoms with Gasteiger partial charge >= 0.3 is 123 Å². The average Bonchev–Trinajstić information content (AvgIpc) is 2.31. The standard InChI is InChI=1S/C15H29N2O2P/c1-6-7-8-9-12-20(18,19,13-10-11-16)17(14(2)3)15(4)5/h1,14-15,18-19H,7-10,12-13H2,2-5H3. The van der Waals surface area contributed by atoms with Crippen LogP contribution in [0.2, 0.25) is 0 Å². The molecule has 2 N–H and O–H groups in total. The molecule has 0 radical (unpaired) electrons. The third kappa shape index (κ3) is 5.39. The van der Waals surface area contributed by atoms with Crippen molar-refractivity contribution in [1.82, 2.24) is 4.67 Å². The maximum atomic E-state index is 11.1. The summed E-state index contributed by atoms with van der Waals surface area (Å²) in [6.45, 7) is 7.84. The number of nitrogens with zero attached hydrogens (tertiary/aromatic N) is 2. The summed E-state index contributed by atoms with van der Waals surface area (Å²) in [5.74, 6) is 2.57. The van der Waals surface area contributed by atoms with Crippen LogP contribution in [0.25, 0.3) is 0 Å². The molecule has 0 amide bonds. The van der Waals surface area contributed by atoms with E-state index in [1.807, 2.05) is 38.4 Å². The number of terminal acetylenes is 1. The molecule has 0 unspecified atom stereocenters. The molecule has 0 heterocycles. The molecule has 5 heteroatoms. The Bertz CT molecular complexity index is 372. The van der Waals surface area contributed by atoms with Crippen LogP contribution in [-0.4, -0.2) is 38.9 Å². The fourth-order valence-corrected chi connectivity index (χ4v) is 7.19. The Hall–Kier alpha value is -0.640. The molecule has 0 rings (SSSR count). The van der Waals surface area contributed by atoms with Crippen molar-refractivity contribution in [1.29, 1.82) is 5.26 Å². The van der Waals surface area contributed by atoms with E-state index in [0.717, 1.165) is 6.42 Å². The Morgan fingerprint density at radius 1 is 1.05 bits per heavy atom. The third-order valence-electron chi connectivity index (χ3n) is 3.46. The van der Waals surface area contributed by atoms with Gasteiger partial charge in [-0.1, -0.05) is 0 Å². The van der Waals surface area contributed by atoms with Crippen molar-refractivity contribution in [3.8, 4) is 18.4 Å². The van der Waals surface area contributed by atoms with Gasteiger partial charge in [-0.15, -0.1) is 0 Å². The van der Waals surface area contributed by atoms with Crippen molar-refractivity contribution < 1.29 is 9.79 Å². The summed E-state index contributed by atoms with van der Waals surface area (Å²) in [4.78, 5) is 22.2. The molecule has 0 aliphatic heterocycles. The summed E-state index contributed by atoms with van der Waals surface area (Å²) in [7, 11) is -4.02. The zero-order chi connectivity index (χ0) is 15.8. The Kier molecular flexibility index (Phi) is 7.71. The van der Waals surface area contributed by atoms with Gasteiger partial charge in [0, 0.05) is 0 Å². The van der Waals surface area contributed by atoms with Gasteiger partial charge in [0.1, 0.15) is 0 Å². The molecule has 0 bridgehead atoms. The fourth-order valence-electron chi connectivity index (χ4n) is 2.95. The summed E-state index contributed by atoms with van der Waals surface area (Å²) in [5, 5.41) is 8.82. The van der Waals surface area contributed by atoms with Gasteiger partial charge in [0.15, 0.2) is 0 Å². The molecule has 4 nitrogen and oxygen atoms in total. The Balaban J connectivity index is 5.22. The molecule has 0 saturated carbocycles. The zero-order valence-corrected chi connectivity index (χ0v) is 14.1. The first-order chi connectivity index (χ1) is 9.18. The number of hydrogen-bond donors (Lipinski definition) is 2. The van der Waals surface area contributed by atoms with Crippen LogP contribution in [0.15, 0.2) is 0 Å². The van der Waals surface area contributed by atoms with Crippen molar-refractivity contribution in [2.75, 3.05) is 12.3 Å². The molecule has 0 atom stereocenters. The van der Waals surface area contributed by atoms with Crippen LogP contribution in [0.3, 0.4) is 0 Å². The van der Waals surface area contributed by atoms with Crippen LogP contribution in [0.1, 0.15) is 53.4 Å². The van der Waals surface area contributed by atoms with Crippen LogP contribution in [0.4, 0.5) is 0 Å². The van der Waals surface area contributed by atoms with Gasteiger partial charge in [0.2, 0.25) is 0 Å². The Morgan fingerprint density at radius 2 is 1.60 bits per heavy atom. The molecular weight excluding hydrogens is 271 g/mol. The molecular formula is C15H29N2O2P. The topological polar surface area (TPSA) is 67.5 Å². The normalized spacial score (nSPS) is 14.1. The molecule has 0 aromatic carbocycles. The van der Waals surface area contributed by atoms with Gasteiger partial charge < -0.3 is 0 Å². The summed E-state index contributed by atoms with van der Waals surface area (Å²) >= 11 is 0. The summed E-state index contributed by atoms with van der Waals surface area (Å²) in [6.07, 6.45) is 7.97. The molecule has 116 valence electrons. The van der Waals surface area contributed by atoms with Crippen molar-refractivity contribution >= 4 is 7.21 Å². The van der Waals surface area contributed by atoms with Gasteiger partial charge in [-0.2, -0.15) is 0 Å². The third-order valence-corrected chi connectivity index (χ3v) is 7.82. The second-order valence-electron chi connectivity index (χ2n) is 5.92. The fraction of sp³-hybridized carbons (Fsp3) is 0.800. The van der Waals surface area contributed by atoms with Gasteiger partial charge in [0.25, 0.3) is 0 Å². The van der Waals surface area contributed by atoms with E-state index in [4.69, 9.17) is 11.7 Å². The van der Waals surface area contributed by atoms with E-state index in [1.165, 1.54) is 0 Å².